The van der Waals surface area contributed by atoms with Gasteiger partial charge in [-0.3, -0.25) is 4.90 Å². The molecule has 2 heterocycles. The van der Waals surface area contributed by atoms with Crippen molar-refractivity contribution in [3.63, 3.8) is 0 Å². The topological polar surface area (TPSA) is 99.7 Å². The molecule has 9 heteroatoms. The molecule has 6 rings (SSSR count). The van der Waals surface area contributed by atoms with Gasteiger partial charge in [0.1, 0.15) is 5.82 Å². The summed E-state index contributed by atoms with van der Waals surface area (Å²) in [6.07, 6.45) is 2.07. The highest BCUT2D eigenvalue weighted by Gasteiger charge is 2.28. The number of nitrogens with zero attached hydrogens (tertiary/aromatic N) is 3. The lowest BCUT2D eigenvalue weighted by Gasteiger charge is -2.31. The van der Waals surface area contributed by atoms with Gasteiger partial charge in [-0.15, -0.1) is 0 Å². The summed E-state index contributed by atoms with van der Waals surface area (Å²) in [4.78, 5) is 7.81. The number of primary sulfonamides is 1. The van der Waals surface area contributed by atoms with Crippen molar-refractivity contribution in [3.05, 3.63) is 120 Å². The Hall–Kier alpha value is -4.44. The Labute approximate surface area is 265 Å². The third-order valence-corrected chi connectivity index (χ3v) is 9.15. The standard InChI is InChI=1S/C36H38N4O4S/c1-3-4-21-40-35(34(29-11-7-5-8-12-29)38-36(40)30-13-9-6-10-14-30)26(2)39(23-27-15-18-31(19-16-27)45(37,41)42)24-28-17-20-32-33(22-28)44-25-43-32/h5-20,22,26H,3-4,21,23-25H2,1-2H3,(H2,37,41,42)/t26-/m1/s1. The lowest BCUT2D eigenvalue weighted by atomic mass is 10.0. The van der Waals surface area contributed by atoms with E-state index in [4.69, 9.17) is 19.6 Å². The predicted octanol–water partition coefficient (Wildman–Crippen LogP) is 7.16. The first kappa shape index (κ1) is 30.6. The van der Waals surface area contributed by atoms with Crippen molar-refractivity contribution >= 4 is 10.0 Å². The molecule has 1 aliphatic heterocycles. The molecule has 0 bridgehead atoms. The number of aromatic nitrogens is 2. The van der Waals surface area contributed by atoms with Crippen molar-refractivity contribution in [1.82, 2.24) is 14.5 Å². The first-order valence-corrected chi connectivity index (χ1v) is 16.8. The summed E-state index contributed by atoms with van der Waals surface area (Å²) in [6.45, 7) is 6.66. The van der Waals surface area contributed by atoms with E-state index in [9.17, 15) is 8.42 Å². The maximum atomic E-state index is 11.9. The van der Waals surface area contributed by atoms with Crippen LogP contribution in [0, 0.1) is 0 Å². The van der Waals surface area contributed by atoms with Crippen LogP contribution in [0.25, 0.3) is 22.6 Å². The van der Waals surface area contributed by atoms with E-state index in [1.54, 1.807) is 12.1 Å². The number of imidazole rings is 1. The Kier molecular flexibility index (Phi) is 9.02. The smallest absolute Gasteiger partial charge is 0.238 e. The first-order valence-electron chi connectivity index (χ1n) is 15.3. The average molecular weight is 623 g/mol. The molecule has 0 fully saturated rings. The molecule has 0 saturated carbocycles. The maximum absolute atomic E-state index is 11.9. The van der Waals surface area contributed by atoms with Crippen LogP contribution in [0.15, 0.2) is 108 Å². The van der Waals surface area contributed by atoms with E-state index < -0.39 is 10.0 Å². The quantitative estimate of drug-likeness (QED) is 0.159. The van der Waals surface area contributed by atoms with Gasteiger partial charge in [0, 0.05) is 30.8 Å². The summed E-state index contributed by atoms with van der Waals surface area (Å²) in [5.41, 5.74) is 6.28. The molecule has 1 aromatic heterocycles. The van der Waals surface area contributed by atoms with Crippen LogP contribution in [-0.2, 0) is 29.7 Å². The third-order valence-electron chi connectivity index (χ3n) is 8.22. The molecule has 0 unspecified atom stereocenters. The van der Waals surface area contributed by atoms with Gasteiger partial charge in [-0.05, 0) is 48.7 Å². The maximum Gasteiger partial charge on any atom is 0.238 e. The Morgan fingerprint density at radius 1 is 0.844 bits per heavy atom. The fourth-order valence-electron chi connectivity index (χ4n) is 5.84. The Balaban J connectivity index is 1.47. The number of hydrogen-bond acceptors (Lipinski definition) is 6. The summed E-state index contributed by atoms with van der Waals surface area (Å²) < 4.78 is 37.5. The summed E-state index contributed by atoms with van der Waals surface area (Å²) in [5.74, 6) is 2.43. The van der Waals surface area contributed by atoms with Crippen LogP contribution in [0.2, 0.25) is 0 Å². The molecule has 8 nitrogen and oxygen atoms in total. The number of hydrogen-bond donors (Lipinski definition) is 1. The largest absolute Gasteiger partial charge is 0.454 e. The molecule has 1 aliphatic rings. The first-order chi connectivity index (χ1) is 21.8. The lowest BCUT2D eigenvalue weighted by molar-refractivity contribution is 0.173. The molecular formula is C36H38N4O4S. The van der Waals surface area contributed by atoms with Crippen molar-refractivity contribution in [2.24, 2.45) is 5.14 Å². The van der Waals surface area contributed by atoms with E-state index >= 15 is 0 Å². The van der Waals surface area contributed by atoms with Crippen molar-refractivity contribution < 1.29 is 17.9 Å². The van der Waals surface area contributed by atoms with Gasteiger partial charge in [0.05, 0.1) is 22.3 Å². The monoisotopic (exact) mass is 622 g/mol. The molecule has 232 valence electrons. The van der Waals surface area contributed by atoms with Crippen LogP contribution in [-0.4, -0.2) is 29.7 Å². The number of rotatable bonds is 12. The zero-order valence-corrected chi connectivity index (χ0v) is 26.4. The summed E-state index contributed by atoms with van der Waals surface area (Å²) in [7, 11) is -3.79. The zero-order valence-electron chi connectivity index (χ0n) is 25.6. The molecule has 4 aromatic carbocycles. The Morgan fingerprint density at radius 2 is 1.47 bits per heavy atom. The highest BCUT2D eigenvalue weighted by atomic mass is 32.2. The van der Waals surface area contributed by atoms with E-state index in [0.717, 1.165) is 70.4 Å². The Bertz CT molecular complexity index is 1860. The second-order valence-corrected chi connectivity index (χ2v) is 12.9. The van der Waals surface area contributed by atoms with Crippen LogP contribution < -0.4 is 14.6 Å². The summed E-state index contributed by atoms with van der Waals surface area (Å²) >= 11 is 0. The van der Waals surface area contributed by atoms with Gasteiger partial charge < -0.3 is 14.0 Å². The SMILES string of the molecule is CCCCn1c(-c2ccccc2)nc(-c2ccccc2)c1[C@@H](C)N(Cc1ccc(S(N)(=O)=O)cc1)Cc1ccc2c(c1)OCO2. The predicted molar refractivity (Wildman–Crippen MR) is 176 cm³/mol. The molecule has 5 aromatic rings. The van der Waals surface area contributed by atoms with Crippen LogP contribution >= 0.6 is 0 Å². The molecule has 0 amide bonds. The molecule has 45 heavy (non-hydrogen) atoms. The van der Waals surface area contributed by atoms with E-state index in [1.165, 1.54) is 0 Å². The minimum absolute atomic E-state index is 0.0784. The van der Waals surface area contributed by atoms with Gasteiger partial charge >= 0.3 is 0 Å². The molecule has 0 aliphatic carbocycles. The number of fused-ring (bicyclic) bond motifs is 1. The lowest BCUT2D eigenvalue weighted by Crippen LogP contribution is -2.28. The Morgan fingerprint density at radius 3 is 2.13 bits per heavy atom. The van der Waals surface area contributed by atoms with Gasteiger partial charge in [-0.25, -0.2) is 18.5 Å². The van der Waals surface area contributed by atoms with Crippen LogP contribution in [0.5, 0.6) is 11.5 Å². The van der Waals surface area contributed by atoms with E-state index in [2.05, 4.69) is 77.9 Å². The summed E-state index contributed by atoms with van der Waals surface area (Å²) in [6, 6.07) is 33.5. The molecule has 0 radical (unpaired) electrons. The second kappa shape index (κ2) is 13.3. The molecular weight excluding hydrogens is 584 g/mol. The molecule has 2 N–H and O–H groups in total. The normalized spacial score (nSPS) is 13.3. The minimum Gasteiger partial charge on any atom is -0.454 e. The van der Waals surface area contributed by atoms with Crippen molar-refractivity contribution in [2.75, 3.05) is 6.79 Å². The fraction of sp³-hybridized carbons (Fsp3) is 0.250. The highest BCUT2D eigenvalue weighted by molar-refractivity contribution is 7.89. The third kappa shape index (κ3) is 6.81. The van der Waals surface area contributed by atoms with Gasteiger partial charge in [-0.2, -0.15) is 0 Å². The highest BCUT2D eigenvalue weighted by Crippen LogP contribution is 2.38. The number of benzene rings is 4. The number of unbranched alkanes of at least 4 members (excludes halogenated alkanes) is 1. The van der Waals surface area contributed by atoms with Crippen LogP contribution in [0.3, 0.4) is 0 Å². The number of sulfonamides is 1. The van der Waals surface area contributed by atoms with Crippen molar-refractivity contribution in [2.45, 2.75) is 57.3 Å². The average Bonchev–Trinajstić information content (AvgIpc) is 3.68. The minimum atomic E-state index is -3.79. The molecule has 0 spiro atoms. The van der Waals surface area contributed by atoms with Crippen LogP contribution in [0.1, 0.15) is 49.6 Å². The van der Waals surface area contributed by atoms with Crippen molar-refractivity contribution in [3.8, 4) is 34.1 Å². The van der Waals surface area contributed by atoms with Gasteiger partial charge in [0.15, 0.2) is 11.5 Å². The summed E-state index contributed by atoms with van der Waals surface area (Å²) in [5, 5.41) is 5.39. The van der Waals surface area contributed by atoms with Gasteiger partial charge in [0.25, 0.3) is 0 Å². The molecule has 0 saturated heterocycles. The zero-order chi connectivity index (χ0) is 31.4. The molecule has 1 atom stereocenters. The number of nitrogens with two attached hydrogens (primary N) is 1. The van der Waals surface area contributed by atoms with E-state index in [0.29, 0.717) is 13.1 Å². The van der Waals surface area contributed by atoms with Gasteiger partial charge in [-0.1, -0.05) is 92.2 Å². The van der Waals surface area contributed by atoms with E-state index in [1.807, 2.05) is 36.4 Å². The van der Waals surface area contributed by atoms with Gasteiger partial charge in [0.2, 0.25) is 16.8 Å². The fourth-order valence-corrected chi connectivity index (χ4v) is 6.36. The number of ether oxygens (including phenoxy) is 2. The van der Waals surface area contributed by atoms with E-state index in [-0.39, 0.29) is 17.7 Å². The second-order valence-electron chi connectivity index (χ2n) is 11.4. The van der Waals surface area contributed by atoms with Crippen molar-refractivity contribution in [1.29, 1.82) is 0 Å². The van der Waals surface area contributed by atoms with Crippen LogP contribution in [0.4, 0.5) is 0 Å².